The van der Waals surface area contributed by atoms with Gasteiger partial charge in [-0.3, -0.25) is 9.59 Å². The molecule has 2 aromatic rings. The summed E-state index contributed by atoms with van der Waals surface area (Å²) < 4.78 is 51.4. The molecule has 1 aliphatic heterocycles. The van der Waals surface area contributed by atoms with Crippen LogP contribution in [0.15, 0.2) is 42.5 Å². The predicted octanol–water partition coefficient (Wildman–Crippen LogP) is 5.02. The maximum atomic E-state index is 13.5. The van der Waals surface area contributed by atoms with Crippen LogP contribution in [0.5, 0.6) is 11.5 Å². The van der Waals surface area contributed by atoms with Gasteiger partial charge in [0.15, 0.2) is 0 Å². The Kier molecular flexibility index (Phi) is 9.56. The Labute approximate surface area is 214 Å². The molecule has 0 spiro atoms. The van der Waals surface area contributed by atoms with Crippen LogP contribution in [-0.4, -0.2) is 35.7 Å². The number of carbonyl (C=O) groups is 2. The van der Waals surface area contributed by atoms with E-state index in [0.717, 1.165) is 18.9 Å². The Morgan fingerprint density at radius 2 is 1.81 bits per heavy atom. The Bertz CT molecular complexity index is 1060. The van der Waals surface area contributed by atoms with Gasteiger partial charge in [-0.2, -0.15) is 13.2 Å². The number of aliphatic hydroxyl groups excluding tert-OH is 1. The number of nitrogens with one attached hydrogen (secondary N) is 2. The minimum atomic E-state index is -4.66. The zero-order valence-corrected chi connectivity index (χ0v) is 21.0. The van der Waals surface area contributed by atoms with E-state index < -0.39 is 23.4 Å². The number of unbranched alkanes of at least 4 members (excludes halogenated alkanes) is 1. The van der Waals surface area contributed by atoms with E-state index in [1.807, 2.05) is 6.92 Å². The van der Waals surface area contributed by atoms with Crippen molar-refractivity contribution in [2.45, 2.75) is 70.3 Å². The summed E-state index contributed by atoms with van der Waals surface area (Å²) in [7, 11) is 0. The van der Waals surface area contributed by atoms with Gasteiger partial charge in [0.2, 0.25) is 11.8 Å². The smallest absolute Gasteiger partial charge is 0.419 e. The molecule has 0 bridgehead atoms. The van der Waals surface area contributed by atoms with Gasteiger partial charge >= 0.3 is 6.18 Å². The van der Waals surface area contributed by atoms with Gasteiger partial charge in [0.05, 0.1) is 11.7 Å². The standard InChI is InChI=1S/C27H33F3N2O5/c1-3-4-5-24(34)32-26(12-14-36-15-13-26)25(35)31-17-19-6-9-21(10-7-19)37-23-11-8-20(18(2)33)16-22(23)27(28,29)30/h6-11,16,18,33H,3-5,12-15,17H2,1-2H3,(H,31,35)(H,32,34). The fraction of sp³-hybridized carbons (Fsp3) is 0.481. The maximum absolute atomic E-state index is 13.5. The van der Waals surface area contributed by atoms with Crippen molar-refractivity contribution in [2.75, 3.05) is 13.2 Å². The SMILES string of the molecule is CCCCC(=O)NC1(C(=O)NCc2ccc(Oc3ccc(C(C)O)cc3C(F)(F)F)cc2)CCOCC1. The predicted molar refractivity (Wildman–Crippen MR) is 131 cm³/mol. The molecule has 2 aromatic carbocycles. The number of ether oxygens (including phenoxy) is 2. The molecule has 1 atom stereocenters. The Hall–Kier alpha value is -3.11. The van der Waals surface area contributed by atoms with Crippen LogP contribution < -0.4 is 15.4 Å². The highest BCUT2D eigenvalue weighted by Gasteiger charge is 2.41. The number of hydrogen-bond acceptors (Lipinski definition) is 5. The quantitative estimate of drug-likeness (QED) is 0.407. The number of carbonyl (C=O) groups excluding carboxylic acids is 2. The normalized spacial score (nSPS) is 16.1. The molecule has 1 heterocycles. The van der Waals surface area contributed by atoms with E-state index in [4.69, 9.17) is 9.47 Å². The molecule has 0 radical (unpaired) electrons. The van der Waals surface area contributed by atoms with Gasteiger partial charge in [0, 0.05) is 39.0 Å². The van der Waals surface area contributed by atoms with Crippen LogP contribution in [0.1, 0.15) is 68.7 Å². The van der Waals surface area contributed by atoms with Crippen molar-refractivity contribution in [3.8, 4) is 11.5 Å². The van der Waals surface area contributed by atoms with E-state index in [1.54, 1.807) is 12.1 Å². The van der Waals surface area contributed by atoms with Crippen molar-refractivity contribution < 1.29 is 37.3 Å². The Morgan fingerprint density at radius 3 is 2.41 bits per heavy atom. The summed E-state index contributed by atoms with van der Waals surface area (Å²) in [6.07, 6.45) is -2.99. The van der Waals surface area contributed by atoms with E-state index in [1.165, 1.54) is 31.2 Å². The van der Waals surface area contributed by atoms with Crippen LogP contribution in [0.3, 0.4) is 0 Å². The molecule has 0 aromatic heterocycles. The van der Waals surface area contributed by atoms with Crippen LogP contribution in [-0.2, 0) is 27.0 Å². The summed E-state index contributed by atoms with van der Waals surface area (Å²) in [6.45, 7) is 4.28. The summed E-state index contributed by atoms with van der Waals surface area (Å²) in [4.78, 5) is 25.4. The second kappa shape index (κ2) is 12.4. The van der Waals surface area contributed by atoms with E-state index in [2.05, 4.69) is 10.6 Å². The minimum Gasteiger partial charge on any atom is -0.457 e. The monoisotopic (exact) mass is 522 g/mol. The third kappa shape index (κ3) is 7.69. The van der Waals surface area contributed by atoms with Gasteiger partial charge in [-0.25, -0.2) is 0 Å². The first kappa shape index (κ1) is 28.5. The molecule has 1 saturated heterocycles. The average molecular weight is 523 g/mol. The molecule has 10 heteroatoms. The third-order valence-electron chi connectivity index (χ3n) is 6.31. The van der Waals surface area contributed by atoms with Gasteiger partial charge in [-0.05, 0) is 48.7 Å². The highest BCUT2D eigenvalue weighted by Crippen LogP contribution is 2.39. The first-order valence-corrected chi connectivity index (χ1v) is 12.4. The molecule has 37 heavy (non-hydrogen) atoms. The van der Waals surface area contributed by atoms with E-state index in [9.17, 15) is 27.9 Å². The second-order valence-electron chi connectivity index (χ2n) is 9.20. The summed E-state index contributed by atoms with van der Waals surface area (Å²) >= 11 is 0. The van der Waals surface area contributed by atoms with Gasteiger partial charge in [0.25, 0.3) is 0 Å². The van der Waals surface area contributed by atoms with Crippen LogP contribution in [0, 0.1) is 0 Å². The number of aliphatic hydroxyl groups is 1. The van der Waals surface area contributed by atoms with Crippen molar-refractivity contribution in [1.29, 1.82) is 0 Å². The zero-order valence-electron chi connectivity index (χ0n) is 21.0. The van der Waals surface area contributed by atoms with Crippen molar-refractivity contribution >= 4 is 11.8 Å². The lowest BCUT2D eigenvalue weighted by Gasteiger charge is -2.36. The molecular formula is C27H33F3N2O5. The molecule has 1 aliphatic rings. The molecule has 7 nitrogen and oxygen atoms in total. The van der Waals surface area contributed by atoms with E-state index in [0.29, 0.717) is 38.0 Å². The Morgan fingerprint density at radius 1 is 1.14 bits per heavy atom. The van der Waals surface area contributed by atoms with E-state index in [-0.39, 0.29) is 35.4 Å². The molecule has 0 aliphatic carbocycles. The summed E-state index contributed by atoms with van der Waals surface area (Å²) in [5, 5.41) is 15.4. The van der Waals surface area contributed by atoms with Gasteiger partial charge in [-0.1, -0.05) is 31.5 Å². The first-order valence-electron chi connectivity index (χ1n) is 12.4. The van der Waals surface area contributed by atoms with Crippen molar-refractivity contribution in [3.63, 3.8) is 0 Å². The lowest BCUT2D eigenvalue weighted by molar-refractivity contribution is -0.138. The number of rotatable bonds is 10. The highest BCUT2D eigenvalue weighted by atomic mass is 19.4. The average Bonchev–Trinajstić information content (AvgIpc) is 2.86. The van der Waals surface area contributed by atoms with Crippen molar-refractivity contribution in [1.82, 2.24) is 10.6 Å². The zero-order chi connectivity index (χ0) is 27.1. The van der Waals surface area contributed by atoms with Gasteiger partial charge in [0.1, 0.15) is 17.0 Å². The molecule has 202 valence electrons. The molecule has 2 amide bonds. The summed E-state index contributed by atoms with van der Waals surface area (Å²) in [6, 6.07) is 9.75. The minimum absolute atomic E-state index is 0.134. The van der Waals surface area contributed by atoms with Gasteiger partial charge < -0.3 is 25.2 Å². The molecule has 1 unspecified atom stereocenters. The Balaban J connectivity index is 1.66. The molecule has 3 rings (SSSR count). The van der Waals surface area contributed by atoms with Gasteiger partial charge in [-0.15, -0.1) is 0 Å². The molecule has 0 saturated carbocycles. The largest absolute Gasteiger partial charge is 0.457 e. The van der Waals surface area contributed by atoms with Crippen LogP contribution in [0.2, 0.25) is 0 Å². The number of hydrogen-bond donors (Lipinski definition) is 3. The summed E-state index contributed by atoms with van der Waals surface area (Å²) in [5.41, 5.74) is -1.17. The first-order chi connectivity index (χ1) is 17.5. The fourth-order valence-electron chi connectivity index (χ4n) is 4.07. The third-order valence-corrected chi connectivity index (χ3v) is 6.31. The fourth-order valence-corrected chi connectivity index (χ4v) is 4.07. The molecular weight excluding hydrogens is 489 g/mol. The number of alkyl halides is 3. The second-order valence-corrected chi connectivity index (χ2v) is 9.20. The van der Waals surface area contributed by atoms with Crippen molar-refractivity contribution in [3.05, 3.63) is 59.2 Å². The lowest BCUT2D eigenvalue weighted by atomic mass is 9.88. The number of amides is 2. The summed E-state index contributed by atoms with van der Waals surface area (Å²) in [5.74, 6) is -0.651. The van der Waals surface area contributed by atoms with Crippen LogP contribution in [0.25, 0.3) is 0 Å². The van der Waals surface area contributed by atoms with Crippen LogP contribution >= 0.6 is 0 Å². The maximum Gasteiger partial charge on any atom is 0.419 e. The number of halogens is 3. The van der Waals surface area contributed by atoms with E-state index >= 15 is 0 Å². The van der Waals surface area contributed by atoms with Crippen LogP contribution in [0.4, 0.5) is 13.2 Å². The highest BCUT2D eigenvalue weighted by molar-refractivity contribution is 5.91. The molecule has 3 N–H and O–H groups in total. The molecule has 1 fully saturated rings. The number of benzene rings is 2. The van der Waals surface area contributed by atoms with Crippen molar-refractivity contribution in [2.24, 2.45) is 0 Å². The topological polar surface area (TPSA) is 96.9 Å². The lowest BCUT2D eigenvalue weighted by Crippen LogP contribution is -2.61.